The molecule has 0 spiro atoms. The summed E-state index contributed by atoms with van der Waals surface area (Å²) in [7, 11) is 1.61. The molecule has 122 valence electrons. The number of fused-ring (bicyclic) bond motifs is 1. The number of nitrogens with zero attached hydrogens (tertiary/aromatic N) is 2. The molecule has 0 radical (unpaired) electrons. The lowest BCUT2D eigenvalue weighted by Gasteiger charge is -2.29. The third kappa shape index (κ3) is 2.83. The molecular formula is C18H22N2O3. The molecule has 1 aliphatic heterocycles. The smallest absolute Gasteiger partial charge is 0.308 e. The third-order valence-electron chi connectivity index (χ3n) is 4.64. The second-order valence-corrected chi connectivity index (χ2v) is 5.98. The number of pyridine rings is 1. The Morgan fingerprint density at radius 2 is 2.22 bits per heavy atom. The van der Waals surface area contributed by atoms with Crippen LogP contribution in [0, 0.1) is 5.92 Å². The van der Waals surface area contributed by atoms with Gasteiger partial charge < -0.3 is 14.7 Å². The monoisotopic (exact) mass is 314 g/mol. The molecule has 1 aromatic heterocycles. The summed E-state index contributed by atoms with van der Waals surface area (Å²) in [5.74, 6) is -0.447. The molecule has 0 amide bonds. The predicted molar refractivity (Wildman–Crippen MR) is 90.1 cm³/mol. The van der Waals surface area contributed by atoms with Crippen molar-refractivity contribution in [3.8, 4) is 5.88 Å². The van der Waals surface area contributed by atoms with Crippen molar-refractivity contribution < 1.29 is 14.6 Å². The minimum absolute atomic E-state index is 0.0213. The summed E-state index contributed by atoms with van der Waals surface area (Å²) < 4.78 is 5.34. The van der Waals surface area contributed by atoms with Gasteiger partial charge in [-0.15, -0.1) is 0 Å². The number of hydrogen-bond donors (Lipinski definition) is 1. The molecule has 0 aliphatic carbocycles. The van der Waals surface area contributed by atoms with E-state index in [9.17, 15) is 9.90 Å². The van der Waals surface area contributed by atoms with Gasteiger partial charge in [-0.3, -0.25) is 4.79 Å². The van der Waals surface area contributed by atoms with Crippen LogP contribution in [0.1, 0.15) is 26.2 Å². The van der Waals surface area contributed by atoms with E-state index in [0.717, 1.165) is 36.0 Å². The normalized spacial score (nSPS) is 20.9. The first-order valence-corrected chi connectivity index (χ1v) is 8.09. The van der Waals surface area contributed by atoms with Gasteiger partial charge in [0.2, 0.25) is 5.88 Å². The number of carboxylic acid groups (broad SMARTS) is 1. The zero-order chi connectivity index (χ0) is 16.4. The van der Waals surface area contributed by atoms with Crippen LogP contribution in [0.4, 0.5) is 5.69 Å². The van der Waals surface area contributed by atoms with Crippen LogP contribution in [0.2, 0.25) is 0 Å². The molecule has 1 saturated heterocycles. The summed E-state index contributed by atoms with van der Waals surface area (Å²) in [4.78, 5) is 18.3. The summed E-state index contributed by atoms with van der Waals surface area (Å²) >= 11 is 0. The minimum Gasteiger partial charge on any atom is -0.481 e. The summed E-state index contributed by atoms with van der Waals surface area (Å²) in [6, 6.07) is 9.88. The Hall–Kier alpha value is -2.30. The first-order chi connectivity index (χ1) is 11.2. The molecule has 0 bridgehead atoms. The van der Waals surface area contributed by atoms with E-state index >= 15 is 0 Å². The molecule has 2 heterocycles. The first kappa shape index (κ1) is 15.6. The highest BCUT2D eigenvalue weighted by molar-refractivity contribution is 5.93. The first-order valence-electron chi connectivity index (χ1n) is 8.09. The SMILES string of the molecule is CCCC1C(C(=O)O)CCN1c1cc(OC)nc2ccccc12. The number of hydrogen-bond acceptors (Lipinski definition) is 4. The third-order valence-corrected chi connectivity index (χ3v) is 4.64. The van der Waals surface area contributed by atoms with Crippen LogP contribution in [0.5, 0.6) is 5.88 Å². The molecule has 1 N–H and O–H groups in total. The van der Waals surface area contributed by atoms with Gasteiger partial charge in [0.1, 0.15) is 0 Å². The Morgan fingerprint density at radius 1 is 1.43 bits per heavy atom. The number of methoxy groups -OCH3 is 1. The van der Waals surface area contributed by atoms with Crippen molar-refractivity contribution in [2.45, 2.75) is 32.2 Å². The fraction of sp³-hybridized carbons (Fsp3) is 0.444. The molecule has 23 heavy (non-hydrogen) atoms. The molecule has 5 heteroatoms. The van der Waals surface area contributed by atoms with E-state index in [-0.39, 0.29) is 12.0 Å². The van der Waals surface area contributed by atoms with Crippen LogP contribution in [0.25, 0.3) is 10.9 Å². The molecule has 2 aromatic rings. The van der Waals surface area contributed by atoms with Crippen molar-refractivity contribution in [1.82, 2.24) is 4.98 Å². The van der Waals surface area contributed by atoms with E-state index in [0.29, 0.717) is 12.3 Å². The number of carbonyl (C=O) groups is 1. The number of aromatic nitrogens is 1. The van der Waals surface area contributed by atoms with Crippen LogP contribution in [-0.4, -0.2) is 35.8 Å². The zero-order valence-corrected chi connectivity index (χ0v) is 13.5. The lowest BCUT2D eigenvalue weighted by molar-refractivity contribution is -0.141. The average molecular weight is 314 g/mol. The standard InChI is InChI=1S/C18H22N2O3/c1-3-6-15-13(18(21)22)9-10-20(15)16-11-17(23-2)19-14-8-5-4-7-12(14)16/h4-5,7-8,11,13,15H,3,6,9-10H2,1-2H3,(H,21,22). The molecule has 1 aromatic carbocycles. The van der Waals surface area contributed by atoms with Crippen molar-refractivity contribution in [1.29, 1.82) is 0 Å². The van der Waals surface area contributed by atoms with E-state index in [1.54, 1.807) is 7.11 Å². The Balaban J connectivity index is 2.09. The van der Waals surface area contributed by atoms with Crippen molar-refractivity contribution in [2.75, 3.05) is 18.6 Å². The fourth-order valence-electron chi connectivity index (χ4n) is 3.57. The molecule has 5 nitrogen and oxygen atoms in total. The Kier molecular flexibility index (Phi) is 4.37. The van der Waals surface area contributed by atoms with Gasteiger partial charge in [-0.2, -0.15) is 0 Å². The van der Waals surface area contributed by atoms with Gasteiger partial charge in [0, 0.05) is 24.0 Å². The maximum Gasteiger partial charge on any atom is 0.308 e. The highest BCUT2D eigenvalue weighted by atomic mass is 16.5. The van der Waals surface area contributed by atoms with Gasteiger partial charge in [0.05, 0.1) is 24.2 Å². The van der Waals surface area contributed by atoms with Crippen LogP contribution >= 0.6 is 0 Å². The van der Waals surface area contributed by atoms with Gasteiger partial charge in [0.25, 0.3) is 0 Å². The van der Waals surface area contributed by atoms with Crippen LogP contribution in [0.15, 0.2) is 30.3 Å². The summed E-state index contributed by atoms with van der Waals surface area (Å²) in [5, 5.41) is 10.6. The fourth-order valence-corrected chi connectivity index (χ4v) is 3.57. The van der Waals surface area contributed by atoms with Gasteiger partial charge in [-0.05, 0) is 18.9 Å². The number of anilines is 1. The van der Waals surface area contributed by atoms with Crippen molar-refractivity contribution in [2.24, 2.45) is 5.92 Å². The Labute approximate surface area is 135 Å². The molecular weight excluding hydrogens is 292 g/mol. The van der Waals surface area contributed by atoms with Gasteiger partial charge in [-0.25, -0.2) is 4.98 Å². The van der Waals surface area contributed by atoms with E-state index < -0.39 is 5.97 Å². The molecule has 2 unspecified atom stereocenters. The number of para-hydroxylation sites is 1. The summed E-state index contributed by atoms with van der Waals surface area (Å²) in [6.45, 7) is 2.85. The summed E-state index contributed by atoms with van der Waals surface area (Å²) in [5.41, 5.74) is 1.89. The molecule has 1 aliphatic rings. The largest absolute Gasteiger partial charge is 0.481 e. The van der Waals surface area contributed by atoms with Crippen LogP contribution < -0.4 is 9.64 Å². The van der Waals surface area contributed by atoms with Crippen molar-refractivity contribution in [3.05, 3.63) is 30.3 Å². The van der Waals surface area contributed by atoms with E-state index in [4.69, 9.17) is 4.74 Å². The molecule has 0 saturated carbocycles. The molecule has 3 rings (SSSR count). The quantitative estimate of drug-likeness (QED) is 0.917. The Bertz CT molecular complexity index is 716. The van der Waals surface area contributed by atoms with Gasteiger partial charge >= 0.3 is 5.97 Å². The van der Waals surface area contributed by atoms with E-state index in [1.165, 1.54) is 0 Å². The predicted octanol–water partition coefficient (Wildman–Crippen LogP) is 3.32. The topological polar surface area (TPSA) is 62.7 Å². The van der Waals surface area contributed by atoms with Gasteiger partial charge in [0.15, 0.2) is 0 Å². The second-order valence-electron chi connectivity index (χ2n) is 5.98. The van der Waals surface area contributed by atoms with Crippen LogP contribution in [0.3, 0.4) is 0 Å². The highest BCUT2D eigenvalue weighted by Crippen LogP contribution is 2.37. The molecule has 1 fully saturated rings. The average Bonchev–Trinajstić information content (AvgIpc) is 2.98. The highest BCUT2D eigenvalue weighted by Gasteiger charge is 2.38. The minimum atomic E-state index is -0.698. The lowest BCUT2D eigenvalue weighted by Crippen LogP contribution is -2.35. The van der Waals surface area contributed by atoms with Crippen molar-refractivity contribution in [3.63, 3.8) is 0 Å². The van der Waals surface area contributed by atoms with Crippen LogP contribution in [-0.2, 0) is 4.79 Å². The van der Waals surface area contributed by atoms with E-state index in [2.05, 4.69) is 16.8 Å². The Morgan fingerprint density at radius 3 is 2.91 bits per heavy atom. The summed E-state index contributed by atoms with van der Waals surface area (Å²) in [6.07, 6.45) is 2.51. The maximum absolute atomic E-state index is 11.6. The maximum atomic E-state index is 11.6. The van der Waals surface area contributed by atoms with Crippen molar-refractivity contribution >= 4 is 22.6 Å². The number of ether oxygens (including phenoxy) is 1. The van der Waals surface area contributed by atoms with Gasteiger partial charge in [-0.1, -0.05) is 31.5 Å². The number of benzene rings is 1. The zero-order valence-electron chi connectivity index (χ0n) is 13.5. The number of rotatable bonds is 5. The lowest BCUT2D eigenvalue weighted by atomic mass is 9.96. The van der Waals surface area contributed by atoms with E-state index in [1.807, 2.05) is 30.3 Å². The second kappa shape index (κ2) is 6.44. The number of carboxylic acids is 1. The molecule has 2 atom stereocenters. The number of aliphatic carboxylic acids is 1.